The second-order valence-corrected chi connectivity index (χ2v) is 1.89. The Bertz CT molecular complexity index is 203. The maximum Gasteiger partial charge on any atom is 0.164 e. The summed E-state index contributed by atoms with van der Waals surface area (Å²) in [6, 6.07) is 0. The van der Waals surface area contributed by atoms with Crippen LogP contribution >= 0.6 is 0 Å². The maximum atomic E-state index is 12.3. The van der Waals surface area contributed by atoms with Gasteiger partial charge in [-0.05, 0) is 19.9 Å². The third-order valence-corrected chi connectivity index (χ3v) is 1.12. The summed E-state index contributed by atoms with van der Waals surface area (Å²) < 4.78 is 12.3. The first-order chi connectivity index (χ1) is 4.70. The van der Waals surface area contributed by atoms with Gasteiger partial charge in [0.1, 0.15) is 0 Å². The Balaban J connectivity index is 4.14. The van der Waals surface area contributed by atoms with E-state index in [4.69, 9.17) is 0 Å². The van der Waals surface area contributed by atoms with Crippen LogP contribution in [0.2, 0.25) is 0 Å². The Morgan fingerprint density at radius 3 is 2.50 bits per heavy atom. The zero-order valence-corrected chi connectivity index (χ0v) is 6.32. The molecule has 0 spiro atoms. The molecule has 10 heavy (non-hydrogen) atoms. The van der Waals surface area contributed by atoms with Gasteiger partial charge in [0.25, 0.3) is 0 Å². The molecule has 0 amide bonds. The maximum absolute atomic E-state index is 12.3. The summed E-state index contributed by atoms with van der Waals surface area (Å²) in [5, 5.41) is 0. The fraction of sp³-hybridized carbons (Fsp3) is 0.222. The van der Waals surface area contributed by atoms with E-state index in [1.54, 1.807) is 6.08 Å². The van der Waals surface area contributed by atoms with Crippen molar-refractivity contribution in [2.75, 3.05) is 0 Å². The van der Waals surface area contributed by atoms with Crippen LogP contribution in [0.25, 0.3) is 0 Å². The zero-order chi connectivity index (χ0) is 7.98. The molecule has 0 N–H and O–H groups in total. The van der Waals surface area contributed by atoms with Gasteiger partial charge in [-0.25, -0.2) is 0 Å². The van der Waals surface area contributed by atoms with Crippen LogP contribution in [0, 0.1) is 0 Å². The quantitative estimate of drug-likeness (QED) is 0.406. The summed E-state index contributed by atoms with van der Waals surface area (Å²) in [6.45, 7) is 6.95. The van der Waals surface area contributed by atoms with Crippen molar-refractivity contribution in [1.82, 2.24) is 0 Å². The predicted octanol–water partition coefficient (Wildman–Crippen LogP) is 3.15. The number of hydrogen-bond donors (Lipinski definition) is 0. The van der Waals surface area contributed by atoms with E-state index in [0.29, 0.717) is 0 Å². The summed E-state index contributed by atoms with van der Waals surface area (Å²) in [7, 11) is 0. The number of halogens is 1. The van der Waals surface area contributed by atoms with E-state index in [1.165, 1.54) is 6.08 Å². The van der Waals surface area contributed by atoms with Crippen LogP contribution in [-0.4, -0.2) is 0 Å². The molecule has 0 aliphatic heterocycles. The Hall–Kier alpha value is -1.07. The highest BCUT2D eigenvalue weighted by atomic mass is 19.1. The molecule has 0 unspecified atom stereocenters. The van der Waals surface area contributed by atoms with Crippen LogP contribution in [0.5, 0.6) is 0 Å². The standard InChI is InChI=1S/C9H11F/c1-4-8(3)6-7-9(10)5-2/h4,6-7H,2H2,1,3H3/b7-6-,8-4-. The molecule has 0 aromatic rings. The van der Waals surface area contributed by atoms with Crippen molar-refractivity contribution in [3.8, 4) is 0 Å². The summed E-state index contributed by atoms with van der Waals surface area (Å²) in [4.78, 5) is 0. The highest BCUT2D eigenvalue weighted by molar-refractivity contribution is 5.21. The van der Waals surface area contributed by atoms with Crippen molar-refractivity contribution in [1.29, 1.82) is 0 Å². The summed E-state index contributed by atoms with van der Waals surface area (Å²) in [6.07, 6.45) is 4.91. The first-order valence-electron chi connectivity index (χ1n) is 3.07. The molecule has 0 aliphatic rings. The molecule has 54 valence electrons. The van der Waals surface area contributed by atoms with Crippen LogP contribution < -0.4 is 0 Å². The van der Waals surface area contributed by atoms with Crippen molar-refractivity contribution in [3.63, 3.8) is 0 Å². The van der Waals surface area contributed by atoms with E-state index in [9.17, 15) is 4.39 Å². The van der Waals surface area contributed by atoms with Crippen molar-refractivity contribution in [2.24, 2.45) is 0 Å². The molecule has 0 saturated heterocycles. The van der Waals surface area contributed by atoms with Gasteiger partial charge in [-0.1, -0.05) is 30.0 Å². The largest absolute Gasteiger partial charge is 0.198 e. The highest BCUT2D eigenvalue weighted by Crippen LogP contribution is 1.99. The van der Waals surface area contributed by atoms with Gasteiger partial charge in [-0.15, -0.1) is 0 Å². The zero-order valence-electron chi connectivity index (χ0n) is 6.32. The predicted molar refractivity (Wildman–Crippen MR) is 42.3 cm³/mol. The molecule has 0 aliphatic carbocycles. The Kier molecular flexibility index (Phi) is 4.26. The van der Waals surface area contributed by atoms with Gasteiger partial charge in [-0.3, -0.25) is 0 Å². The highest BCUT2D eigenvalue weighted by Gasteiger charge is 1.81. The van der Waals surface area contributed by atoms with Gasteiger partial charge in [0.15, 0.2) is 5.83 Å². The fourth-order valence-electron chi connectivity index (χ4n) is 0.360. The Morgan fingerprint density at radius 2 is 2.10 bits per heavy atom. The first-order valence-corrected chi connectivity index (χ1v) is 3.07. The average molecular weight is 138 g/mol. The number of hydrogen-bond acceptors (Lipinski definition) is 0. The molecular weight excluding hydrogens is 127 g/mol. The van der Waals surface area contributed by atoms with E-state index >= 15 is 0 Å². The minimum Gasteiger partial charge on any atom is -0.198 e. The van der Waals surface area contributed by atoms with E-state index in [0.717, 1.165) is 5.57 Å². The number of allylic oxidation sites excluding steroid dienone is 5. The van der Waals surface area contributed by atoms with Gasteiger partial charge >= 0.3 is 0 Å². The minimum atomic E-state index is -0.429. The smallest absolute Gasteiger partial charge is 0.164 e. The van der Waals surface area contributed by atoms with Crippen molar-refractivity contribution >= 4 is 0 Å². The lowest BCUT2D eigenvalue weighted by molar-refractivity contribution is 0.669. The van der Waals surface area contributed by atoms with E-state index in [2.05, 4.69) is 12.3 Å². The van der Waals surface area contributed by atoms with Crippen LogP contribution in [0.15, 0.2) is 41.9 Å². The van der Waals surface area contributed by atoms with Gasteiger partial charge in [0, 0.05) is 0 Å². The lowest BCUT2D eigenvalue weighted by Crippen LogP contribution is -1.65. The molecule has 0 aromatic carbocycles. The normalized spacial score (nSPS) is 11.7. The number of rotatable bonds is 2. The van der Waals surface area contributed by atoms with Gasteiger partial charge < -0.3 is 0 Å². The average Bonchev–Trinajstić information content (AvgIpc) is 1.99. The van der Waals surface area contributed by atoms with Crippen LogP contribution in [-0.2, 0) is 0 Å². The van der Waals surface area contributed by atoms with Crippen molar-refractivity contribution < 1.29 is 4.39 Å². The summed E-state index contributed by atoms with van der Waals surface area (Å²) >= 11 is 0. The second kappa shape index (κ2) is 4.78. The van der Waals surface area contributed by atoms with Gasteiger partial charge in [0.05, 0.1) is 0 Å². The lowest BCUT2D eigenvalue weighted by atomic mass is 10.2. The van der Waals surface area contributed by atoms with Gasteiger partial charge in [0.2, 0.25) is 0 Å². The van der Waals surface area contributed by atoms with E-state index in [1.807, 2.05) is 19.9 Å². The molecule has 0 atom stereocenters. The first kappa shape index (κ1) is 8.93. The summed E-state index contributed by atoms with van der Waals surface area (Å²) in [5.41, 5.74) is 3.15. The third kappa shape index (κ3) is 3.88. The monoisotopic (exact) mass is 138 g/mol. The second-order valence-electron chi connectivity index (χ2n) is 1.89. The minimum absolute atomic E-state index is 0.429. The Morgan fingerprint density at radius 1 is 1.50 bits per heavy atom. The molecule has 0 radical (unpaired) electrons. The molecule has 1 heteroatoms. The van der Waals surface area contributed by atoms with E-state index < -0.39 is 5.83 Å². The van der Waals surface area contributed by atoms with E-state index in [-0.39, 0.29) is 0 Å². The van der Waals surface area contributed by atoms with Gasteiger partial charge in [-0.2, -0.15) is 4.39 Å². The third-order valence-electron chi connectivity index (χ3n) is 1.12. The molecule has 0 fully saturated rings. The molecular formula is C9H11F. The fourth-order valence-corrected chi connectivity index (χ4v) is 0.360. The molecule has 0 heterocycles. The Labute approximate surface area is 61.1 Å². The molecule has 0 aromatic heterocycles. The molecule has 0 nitrogen and oxygen atoms in total. The topological polar surface area (TPSA) is 0 Å². The summed E-state index contributed by atoms with van der Waals surface area (Å²) in [5.74, 6) is -0.429. The SMILES string of the molecule is C=C=C(F)/C=C\C(C)=C/C. The lowest BCUT2D eigenvalue weighted by Gasteiger charge is -1.84. The van der Waals surface area contributed by atoms with Crippen LogP contribution in [0.4, 0.5) is 4.39 Å². The van der Waals surface area contributed by atoms with Crippen molar-refractivity contribution in [2.45, 2.75) is 13.8 Å². The van der Waals surface area contributed by atoms with Crippen molar-refractivity contribution in [3.05, 3.63) is 41.9 Å². The van der Waals surface area contributed by atoms with Crippen LogP contribution in [0.1, 0.15) is 13.8 Å². The molecule has 0 rings (SSSR count). The van der Waals surface area contributed by atoms with Crippen LogP contribution in [0.3, 0.4) is 0 Å². The molecule has 0 bridgehead atoms. The molecule has 0 saturated carbocycles.